The standard InChI is InChI=1S/C11H13N3O2/c1-14-6-10(12)11(13-14)16-9-4-2-8(7-15)3-5-9/h2-6,15H,7,12H2,1H3. The molecule has 84 valence electrons. The third kappa shape index (κ3) is 2.14. The minimum absolute atomic E-state index is 0.0198. The molecule has 5 heteroatoms. The second-order valence-electron chi connectivity index (χ2n) is 3.47. The lowest BCUT2D eigenvalue weighted by atomic mass is 10.2. The van der Waals surface area contributed by atoms with Gasteiger partial charge in [-0.25, -0.2) is 0 Å². The van der Waals surface area contributed by atoms with Crippen molar-refractivity contribution in [2.75, 3.05) is 5.73 Å². The molecule has 0 spiro atoms. The highest BCUT2D eigenvalue weighted by Crippen LogP contribution is 2.25. The number of benzene rings is 1. The smallest absolute Gasteiger partial charge is 0.261 e. The molecule has 2 aromatic rings. The van der Waals surface area contributed by atoms with Crippen LogP contribution in [0.3, 0.4) is 0 Å². The van der Waals surface area contributed by atoms with E-state index in [1.807, 2.05) is 0 Å². The van der Waals surface area contributed by atoms with E-state index in [2.05, 4.69) is 5.10 Å². The van der Waals surface area contributed by atoms with Crippen LogP contribution >= 0.6 is 0 Å². The molecule has 0 unspecified atom stereocenters. The highest BCUT2D eigenvalue weighted by molar-refractivity contribution is 5.47. The summed E-state index contributed by atoms with van der Waals surface area (Å²) in [7, 11) is 1.78. The molecule has 0 aliphatic rings. The average molecular weight is 219 g/mol. The van der Waals surface area contributed by atoms with Crippen LogP contribution < -0.4 is 10.5 Å². The molecule has 0 amide bonds. The van der Waals surface area contributed by atoms with Crippen molar-refractivity contribution in [3.8, 4) is 11.6 Å². The Morgan fingerprint density at radius 2 is 2.06 bits per heavy atom. The Hall–Kier alpha value is -2.01. The summed E-state index contributed by atoms with van der Waals surface area (Å²) in [6.45, 7) is 0.0198. The molecule has 0 fully saturated rings. The lowest BCUT2D eigenvalue weighted by Gasteiger charge is -2.03. The molecule has 0 aliphatic heterocycles. The number of aliphatic hydroxyl groups excluding tert-OH is 1. The van der Waals surface area contributed by atoms with E-state index in [-0.39, 0.29) is 6.61 Å². The van der Waals surface area contributed by atoms with Crippen LogP contribution in [0.15, 0.2) is 30.5 Å². The van der Waals surface area contributed by atoms with Crippen molar-refractivity contribution < 1.29 is 9.84 Å². The van der Waals surface area contributed by atoms with Crippen LogP contribution in [-0.2, 0) is 13.7 Å². The summed E-state index contributed by atoms with van der Waals surface area (Å²) in [5.74, 6) is 1.03. The van der Waals surface area contributed by atoms with E-state index in [4.69, 9.17) is 15.6 Å². The number of rotatable bonds is 3. The van der Waals surface area contributed by atoms with Gasteiger partial charge < -0.3 is 15.6 Å². The summed E-state index contributed by atoms with van der Waals surface area (Å²) < 4.78 is 7.08. The zero-order valence-corrected chi connectivity index (χ0v) is 8.92. The van der Waals surface area contributed by atoms with Crippen LogP contribution in [0, 0.1) is 0 Å². The van der Waals surface area contributed by atoms with Crippen molar-refractivity contribution in [2.24, 2.45) is 7.05 Å². The van der Waals surface area contributed by atoms with Crippen LogP contribution in [-0.4, -0.2) is 14.9 Å². The van der Waals surface area contributed by atoms with Crippen molar-refractivity contribution in [1.82, 2.24) is 9.78 Å². The Morgan fingerprint density at radius 3 is 2.56 bits per heavy atom. The molecule has 0 saturated carbocycles. The van der Waals surface area contributed by atoms with Crippen LogP contribution in [0.5, 0.6) is 11.6 Å². The number of anilines is 1. The first-order valence-electron chi connectivity index (χ1n) is 4.86. The molecule has 1 aromatic carbocycles. The van der Waals surface area contributed by atoms with Gasteiger partial charge in [-0.2, -0.15) is 0 Å². The molecule has 1 aromatic heterocycles. The summed E-state index contributed by atoms with van der Waals surface area (Å²) in [6.07, 6.45) is 1.68. The number of ether oxygens (including phenoxy) is 1. The molecule has 5 nitrogen and oxygen atoms in total. The Kier molecular flexibility index (Phi) is 2.78. The second kappa shape index (κ2) is 4.24. The molecule has 0 bridgehead atoms. The normalized spacial score (nSPS) is 10.4. The molecule has 0 saturated heterocycles. The van der Waals surface area contributed by atoms with Gasteiger partial charge in [-0.1, -0.05) is 12.1 Å². The quantitative estimate of drug-likeness (QED) is 0.815. The zero-order valence-electron chi connectivity index (χ0n) is 8.92. The maximum atomic E-state index is 8.89. The molecule has 0 atom stereocenters. The minimum atomic E-state index is 0.0198. The van der Waals surface area contributed by atoms with Crippen LogP contribution in [0.25, 0.3) is 0 Å². The van der Waals surface area contributed by atoms with Crippen molar-refractivity contribution in [2.45, 2.75) is 6.61 Å². The monoisotopic (exact) mass is 219 g/mol. The predicted octanol–water partition coefficient (Wildman–Crippen LogP) is 1.29. The van der Waals surface area contributed by atoms with Crippen molar-refractivity contribution >= 4 is 5.69 Å². The van der Waals surface area contributed by atoms with Crippen molar-refractivity contribution in [3.63, 3.8) is 0 Å². The number of hydrogen-bond acceptors (Lipinski definition) is 4. The SMILES string of the molecule is Cn1cc(N)c(Oc2ccc(CO)cc2)n1. The Labute approximate surface area is 93.1 Å². The number of aryl methyl sites for hydroxylation is 1. The van der Waals surface area contributed by atoms with Gasteiger partial charge >= 0.3 is 0 Å². The van der Waals surface area contributed by atoms with E-state index >= 15 is 0 Å². The van der Waals surface area contributed by atoms with Gasteiger partial charge in [0.2, 0.25) is 0 Å². The number of nitrogens with zero attached hydrogens (tertiary/aromatic N) is 2. The molecule has 0 aliphatic carbocycles. The summed E-state index contributed by atoms with van der Waals surface area (Å²) in [5, 5.41) is 13.0. The van der Waals surface area contributed by atoms with Gasteiger partial charge in [0.1, 0.15) is 11.4 Å². The van der Waals surface area contributed by atoms with E-state index < -0.39 is 0 Å². The van der Waals surface area contributed by atoms with Crippen LogP contribution in [0.4, 0.5) is 5.69 Å². The number of nitrogen functional groups attached to an aromatic ring is 1. The molecule has 16 heavy (non-hydrogen) atoms. The first kappa shape index (κ1) is 10.5. The lowest BCUT2D eigenvalue weighted by Crippen LogP contribution is -1.91. The highest BCUT2D eigenvalue weighted by atomic mass is 16.5. The number of nitrogens with two attached hydrogens (primary N) is 1. The molecule has 3 N–H and O–H groups in total. The Morgan fingerprint density at radius 1 is 1.38 bits per heavy atom. The summed E-state index contributed by atoms with van der Waals surface area (Å²) >= 11 is 0. The summed E-state index contributed by atoms with van der Waals surface area (Å²) in [4.78, 5) is 0. The van der Waals surface area contributed by atoms with Gasteiger partial charge in [0.25, 0.3) is 5.88 Å². The van der Waals surface area contributed by atoms with Gasteiger partial charge in [-0.15, -0.1) is 5.10 Å². The van der Waals surface area contributed by atoms with Gasteiger partial charge in [-0.3, -0.25) is 4.68 Å². The Bertz CT molecular complexity index is 476. The van der Waals surface area contributed by atoms with Gasteiger partial charge in [0, 0.05) is 7.05 Å². The first-order valence-corrected chi connectivity index (χ1v) is 4.86. The topological polar surface area (TPSA) is 73.3 Å². The summed E-state index contributed by atoms with van der Waals surface area (Å²) in [6, 6.07) is 7.10. The minimum Gasteiger partial charge on any atom is -0.436 e. The maximum absolute atomic E-state index is 8.89. The summed E-state index contributed by atoms with van der Waals surface area (Å²) in [5.41, 5.74) is 7.03. The Balaban J connectivity index is 2.17. The zero-order chi connectivity index (χ0) is 11.5. The fourth-order valence-electron chi connectivity index (χ4n) is 1.34. The first-order chi connectivity index (χ1) is 7.69. The highest BCUT2D eigenvalue weighted by Gasteiger charge is 2.06. The maximum Gasteiger partial charge on any atom is 0.261 e. The number of hydrogen-bond donors (Lipinski definition) is 2. The fraction of sp³-hybridized carbons (Fsp3) is 0.182. The van der Waals surface area contributed by atoms with Crippen LogP contribution in [0.1, 0.15) is 5.56 Å². The fourth-order valence-corrected chi connectivity index (χ4v) is 1.34. The van der Waals surface area contributed by atoms with Crippen molar-refractivity contribution in [3.05, 3.63) is 36.0 Å². The number of aromatic nitrogens is 2. The molecule has 0 radical (unpaired) electrons. The van der Waals surface area contributed by atoms with E-state index in [0.717, 1.165) is 5.56 Å². The van der Waals surface area contributed by atoms with Gasteiger partial charge in [0.05, 0.1) is 12.8 Å². The molecule has 1 heterocycles. The number of aliphatic hydroxyl groups is 1. The average Bonchev–Trinajstić information content (AvgIpc) is 2.59. The van der Waals surface area contributed by atoms with E-state index in [1.165, 1.54) is 0 Å². The van der Waals surface area contributed by atoms with Crippen molar-refractivity contribution in [1.29, 1.82) is 0 Å². The molecule has 2 rings (SSSR count). The van der Waals surface area contributed by atoms with Gasteiger partial charge in [-0.05, 0) is 17.7 Å². The molecular weight excluding hydrogens is 206 g/mol. The third-order valence-corrected chi connectivity index (χ3v) is 2.14. The lowest BCUT2D eigenvalue weighted by molar-refractivity contribution is 0.281. The molecular formula is C11H13N3O2. The largest absolute Gasteiger partial charge is 0.436 e. The third-order valence-electron chi connectivity index (χ3n) is 2.14. The van der Waals surface area contributed by atoms with E-state index in [1.54, 1.807) is 42.2 Å². The second-order valence-corrected chi connectivity index (χ2v) is 3.47. The van der Waals surface area contributed by atoms with Crippen LogP contribution in [0.2, 0.25) is 0 Å². The van der Waals surface area contributed by atoms with Gasteiger partial charge in [0.15, 0.2) is 0 Å². The van der Waals surface area contributed by atoms with E-state index in [0.29, 0.717) is 17.3 Å². The predicted molar refractivity (Wildman–Crippen MR) is 60.1 cm³/mol. The van der Waals surface area contributed by atoms with E-state index in [9.17, 15) is 0 Å².